The molecule has 27 heavy (non-hydrogen) atoms. The Balaban J connectivity index is 1.63. The first-order valence-corrected chi connectivity index (χ1v) is 10.2. The van der Waals surface area contributed by atoms with Gasteiger partial charge in [-0.1, -0.05) is 29.8 Å². The molecule has 5 nitrogen and oxygen atoms in total. The average molecular weight is 406 g/mol. The van der Waals surface area contributed by atoms with E-state index in [9.17, 15) is 8.42 Å². The van der Waals surface area contributed by atoms with Gasteiger partial charge in [-0.15, -0.1) is 0 Å². The van der Waals surface area contributed by atoms with Crippen molar-refractivity contribution in [3.63, 3.8) is 0 Å². The molecule has 3 aromatic carbocycles. The van der Waals surface area contributed by atoms with E-state index in [1.165, 1.54) is 0 Å². The van der Waals surface area contributed by atoms with Crippen molar-refractivity contribution in [3.8, 4) is 11.5 Å². The van der Waals surface area contributed by atoms with Crippen LogP contribution in [0.25, 0.3) is 10.8 Å². The molecule has 0 amide bonds. The van der Waals surface area contributed by atoms with Gasteiger partial charge in [-0.05, 0) is 59.7 Å². The standard InChI is InChI=1S/C20H20ClNO4S/c1-14-3-6-18(13-20(14)21)26-10-9-22-27(23,24)19-8-5-15-11-17(25-2)7-4-16(15)12-19/h3-8,11-13,22H,9-10H2,1-2H3. The molecule has 0 saturated carbocycles. The molecule has 142 valence electrons. The molecule has 0 atom stereocenters. The van der Waals surface area contributed by atoms with E-state index in [1.807, 2.05) is 25.1 Å². The van der Waals surface area contributed by atoms with Gasteiger partial charge in [0.1, 0.15) is 18.1 Å². The fourth-order valence-corrected chi connectivity index (χ4v) is 3.81. The van der Waals surface area contributed by atoms with E-state index in [-0.39, 0.29) is 18.0 Å². The molecule has 7 heteroatoms. The lowest BCUT2D eigenvalue weighted by Gasteiger charge is -2.10. The van der Waals surface area contributed by atoms with Crippen LogP contribution >= 0.6 is 11.6 Å². The number of methoxy groups -OCH3 is 1. The van der Waals surface area contributed by atoms with Crippen molar-refractivity contribution in [2.45, 2.75) is 11.8 Å². The molecular weight excluding hydrogens is 386 g/mol. The number of ether oxygens (including phenoxy) is 2. The first kappa shape index (κ1) is 19.5. The number of rotatable bonds is 7. The van der Waals surface area contributed by atoms with Gasteiger partial charge in [0.15, 0.2) is 0 Å². The second-order valence-electron chi connectivity index (χ2n) is 6.03. The first-order valence-electron chi connectivity index (χ1n) is 8.35. The van der Waals surface area contributed by atoms with Gasteiger partial charge in [-0.3, -0.25) is 0 Å². The molecule has 0 aliphatic carbocycles. The van der Waals surface area contributed by atoms with E-state index in [1.54, 1.807) is 43.5 Å². The monoisotopic (exact) mass is 405 g/mol. The van der Waals surface area contributed by atoms with Gasteiger partial charge in [0.2, 0.25) is 10.0 Å². The molecular formula is C20H20ClNO4S. The van der Waals surface area contributed by atoms with E-state index in [4.69, 9.17) is 21.1 Å². The van der Waals surface area contributed by atoms with E-state index in [0.717, 1.165) is 22.1 Å². The summed E-state index contributed by atoms with van der Waals surface area (Å²) in [5, 5.41) is 2.35. The van der Waals surface area contributed by atoms with Crippen molar-refractivity contribution in [3.05, 3.63) is 65.2 Å². The zero-order chi connectivity index (χ0) is 19.4. The number of fused-ring (bicyclic) bond motifs is 1. The Kier molecular flexibility index (Phi) is 5.89. The van der Waals surface area contributed by atoms with Gasteiger partial charge in [0.25, 0.3) is 0 Å². The number of nitrogens with one attached hydrogen (secondary N) is 1. The van der Waals surface area contributed by atoms with Crippen LogP contribution in [0.3, 0.4) is 0 Å². The highest BCUT2D eigenvalue weighted by Crippen LogP contribution is 2.24. The number of halogens is 1. The smallest absolute Gasteiger partial charge is 0.240 e. The number of hydrogen-bond acceptors (Lipinski definition) is 4. The average Bonchev–Trinajstić information content (AvgIpc) is 2.67. The maximum Gasteiger partial charge on any atom is 0.240 e. The highest BCUT2D eigenvalue weighted by atomic mass is 35.5. The van der Waals surface area contributed by atoms with E-state index in [2.05, 4.69) is 4.72 Å². The lowest BCUT2D eigenvalue weighted by molar-refractivity contribution is 0.323. The van der Waals surface area contributed by atoms with Crippen LogP contribution in [0.1, 0.15) is 5.56 Å². The highest BCUT2D eigenvalue weighted by molar-refractivity contribution is 7.89. The Labute approximate surface area is 163 Å². The molecule has 1 N–H and O–H groups in total. The predicted octanol–water partition coefficient (Wildman–Crippen LogP) is 4.17. The van der Waals surface area contributed by atoms with Gasteiger partial charge in [0, 0.05) is 11.6 Å². The van der Waals surface area contributed by atoms with Crippen LogP contribution in [-0.4, -0.2) is 28.7 Å². The molecule has 0 radical (unpaired) electrons. The van der Waals surface area contributed by atoms with Gasteiger partial charge in [-0.25, -0.2) is 13.1 Å². The third-order valence-electron chi connectivity index (χ3n) is 4.14. The molecule has 0 bridgehead atoms. The Morgan fingerprint density at radius 1 is 0.963 bits per heavy atom. The summed E-state index contributed by atoms with van der Waals surface area (Å²) in [6.07, 6.45) is 0. The SMILES string of the molecule is COc1ccc2cc(S(=O)(=O)NCCOc3ccc(C)c(Cl)c3)ccc2c1. The molecule has 3 aromatic rings. The molecule has 0 fully saturated rings. The minimum absolute atomic E-state index is 0.147. The molecule has 0 saturated heterocycles. The molecule has 3 rings (SSSR count). The maximum atomic E-state index is 12.5. The van der Waals surface area contributed by atoms with E-state index < -0.39 is 10.0 Å². The Bertz CT molecular complexity index is 1070. The minimum Gasteiger partial charge on any atom is -0.497 e. The summed E-state index contributed by atoms with van der Waals surface area (Å²) in [4.78, 5) is 0.207. The fourth-order valence-electron chi connectivity index (χ4n) is 2.59. The summed E-state index contributed by atoms with van der Waals surface area (Å²) in [5.41, 5.74) is 0.957. The number of benzene rings is 3. The zero-order valence-electron chi connectivity index (χ0n) is 15.0. The summed E-state index contributed by atoms with van der Waals surface area (Å²) in [7, 11) is -2.03. The Morgan fingerprint density at radius 3 is 2.41 bits per heavy atom. The lowest BCUT2D eigenvalue weighted by Crippen LogP contribution is -2.28. The summed E-state index contributed by atoms with van der Waals surface area (Å²) in [6.45, 7) is 2.25. The zero-order valence-corrected chi connectivity index (χ0v) is 16.6. The minimum atomic E-state index is -3.62. The molecule has 0 aliphatic heterocycles. The van der Waals surface area contributed by atoms with E-state index in [0.29, 0.717) is 10.8 Å². The summed E-state index contributed by atoms with van der Waals surface area (Å²) < 4.78 is 38.3. The molecule has 0 unspecified atom stereocenters. The third kappa shape index (κ3) is 4.71. The van der Waals surface area contributed by atoms with Crippen molar-refractivity contribution in [1.82, 2.24) is 4.72 Å². The second kappa shape index (κ2) is 8.17. The summed E-state index contributed by atoms with van der Waals surface area (Å²) >= 11 is 6.05. The van der Waals surface area contributed by atoms with Gasteiger partial charge in [0.05, 0.1) is 12.0 Å². The Hall–Kier alpha value is -2.28. The van der Waals surface area contributed by atoms with Crippen LogP contribution in [0.5, 0.6) is 11.5 Å². The first-order chi connectivity index (χ1) is 12.9. The van der Waals surface area contributed by atoms with Crippen molar-refractivity contribution in [2.24, 2.45) is 0 Å². The van der Waals surface area contributed by atoms with Gasteiger partial charge >= 0.3 is 0 Å². The van der Waals surface area contributed by atoms with Crippen molar-refractivity contribution in [1.29, 1.82) is 0 Å². The van der Waals surface area contributed by atoms with Crippen LogP contribution in [0.2, 0.25) is 5.02 Å². The van der Waals surface area contributed by atoms with Crippen molar-refractivity contribution in [2.75, 3.05) is 20.3 Å². The lowest BCUT2D eigenvalue weighted by atomic mass is 10.1. The van der Waals surface area contributed by atoms with Gasteiger partial charge in [-0.2, -0.15) is 0 Å². The number of sulfonamides is 1. The summed E-state index contributed by atoms with van der Waals surface area (Å²) in [5.74, 6) is 1.33. The predicted molar refractivity (Wildman–Crippen MR) is 107 cm³/mol. The fraction of sp³-hybridized carbons (Fsp3) is 0.200. The van der Waals surface area contributed by atoms with Crippen LogP contribution in [0, 0.1) is 6.92 Å². The van der Waals surface area contributed by atoms with Crippen LogP contribution in [0.15, 0.2) is 59.5 Å². The number of aryl methyl sites for hydroxylation is 1. The molecule has 0 aromatic heterocycles. The highest BCUT2D eigenvalue weighted by Gasteiger charge is 2.14. The normalized spacial score (nSPS) is 11.5. The van der Waals surface area contributed by atoms with E-state index >= 15 is 0 Å². The van der Waals surface area contributed by atoms with Crippen LogP contribution < -0.4 is 14.2 Å². The van der Waals surface area contributed by atoms with Crippen LogP contribution in [-0.2, 0) is 10.0 Å². The second-order valence-corrected chi connectivity index (χ2v) is 8.21. The number of hydrogen-bond donors (Lipinski definition) is 1. The quantitative estimate of drug-likeness (QED) is 0.599. The summed E-state index contributed by atoms with van der Waals surface area (Å²) in [6, 6.07) is 15.8. The van der Waals surface area contributed by atoms with Gasteiger partial charge < -0.3 is 9.47 Å². The van der Waals surface area contributed by atoms with Crippen molar-refractivity contribution >= 4 is 32.4 Å². The largest absolute Gasteiger partial charge is 0.497 e. The third-order valence-corrected chi connectivity index (χ3v) is 6.00. The maximum absolute atomic E-state index is 12.5. The Morgan fingerprint density at radius 2 is 1.67 bits per heavy atom. The van der Waals surface area contributed by atoms with Crippen molar-refractivity contribution < 1.29 is 17.9 Å². The molecule has 0 aliphatic rings. The van der Waals surface area contributed by atoms with Crippen LogP contribution in [0.4, 0.5) is 0 Å². The topological polar surface area (TPSA) is 64.6 Å². The molecule has 0 heterocycles. The molecule has 0 spiro atoms.